The van der Waals surface area contributed by atoms with Crippen LogP contribution >= 0.6 is 22.9 Å². The summed E-state index contributed by atoms with van der Waals surface area (Å²) in [5.74, 6) is 0.116. The van der Waals surface area contributed by atoms with Crippen LogP contribution < -0.4 is 10.2 Å². The number of thiophene rings is 1. The zero-order valence-electron chi connectivity index (χ0n) is 6.92. The molecule has 1 aromatic heterocycles. The quantitative estimate of drug-likeness (QED) is 0.769. The highest BCUT2D eigenvalue weighted by atomic mass is 35.5. The topological polar surface area (TPSA) is 32.3 Å². The van der Waals surface area contributed by atoms with Gasteiger partial charge < -0.3 is 10.2 Å². The van der Waals surface area contributed by atoms with E-state index in [1.54, 1.807) is 4.90 Å². The van der Waals surface area contributed by atoms with E-state index in [1.165, 1.54) is 11.3 Å². The minimum atomic E-state index is 0.116. The predicted octanol–water partition coefficient (Wildman–Crippen LogP) is 1.34. The zero-order chi connectivity index (χ0) is 9.26. The van der Waals surface area contributed by atoms with Crippen molar-refractivity contribution in [2.75, 3.05) is 24.5 Å². The van der Waals surface area contributed by atoms with E-state index in [4.69, 9.17) is 11.6 Å². The van der Waals surface area contributed by atoms with Gasteiger partial charge in [-0.15, -0.1) is 11.3 Å². The molecule has 13 heavy (non-hydrogen) atoms. The lowest BCUT2D eigenvalue weighted by Crippen LogP contribution is -2.47. The number of rotatable bonds is 1. The summed E-state index contributed by atoms with van der Waals surface area (Å²) < 4.78 is 0.723. The van der Waals surface area contributed by atoms with Crippen LogP contribution in [-0.2, 0) is 4.79 Å². The van der Waals surface area contributed by atoms with Crippen LogP contribution in [0.3, 0.4) is 0 Å². The fourth-order valence-electron chi connectivity index (χ4n) is 1.29. The predicted molar refractivity (Wildman–Crippen MR) is 54.6 cm³/mol. The third-order valence-electron chi connectivity index (χ3n) is 1.91. The number of nitrogens with zero attached hydrogens (tertiary/aromatic N) is 1. The van der Waals surface area contributed by atoms with Gasteiger partial charge in [-0.3, -0.25) is 4.79 Å². The SMILES string of the molecule is O=C1CNCCN1c1ccc(Cl)s1. The van der Waals surface area contributed by atoms with Crippen molar-refractivity contribution in [2.45, 2.75) is 0 Å². The van der Waals surface area contributed by atoms with Gasteiger partial charge in [-0.2, -0.15) is 0 Å². The Hall–Kier alpha value is -0.580. The Bertz CT molecular complexity index is 326. The lowest BCUT2D eigenvalue weighted by molar-refractivity contribution is -0.118. The molecule has 2 rings (SSSR count). The lowest BCUT2D eigenvalue weighted by Gasteiger charge is -2.25. The third kappa shape index (κ3) is 1.85. The molecule has 1 aliphatic heterocycles. The second-order valence-electron chi connectivity index (χ2n) is 2.80. The summed E-state index contributed by atoms with van der Waals surface area (Å²) in [5, 5.41) is 3.96. The molecular weight excluding hydrogens is 208 g/mol. The van der Waals surface area contributed by atoms with Crippen LogP contribution in [0.25, 0.3) is 0 Å². The van der Waals surface area contributed by atoms with Gasteiger partial charge in [0.05, 0.1) is 15.9 Å². The van der Waals surface area contributed by atoms with E-state index in [9.17, 15) is 4.79 Å². The summed E-state index contributed by atoms with van der Waals surface area (Å²) in [7, 11) is 0. The van der Waals surface area contributed by atoms with E-state index in [1.807, 2.05) is 12.1 Å². The van der Waals surface area contributed by atoms with Crippen LogP contribution in [0.5, 0.6) is 0 Å². The highest BCUT2D eigenvalue weighted by Gasteiger charge is 2.20. The summed E-state index contributed by atoms with van der Waals surface area (Å²) in [5.41, 5.74) is 0. The number of carbonyl (C=O) groups excluding carboxylic acids is 1. The molecule has 1 aromatic rings. The van der Waals surface area contributed by atoms with Crippen molar-refractivity contribution in [3.05, 3.63) is 16.5 Å². The van der Waals surface area contributed by atoms with E-state index >= 15 is 0 Å². The number of amides is 1. The van der Waals surface area contributed by atoms with E-state index in [2.05, 4.69) is 5.32 Å². The average molecular weight is 217 g/mol. The zero-order valence-corrected chi connectivity index (χ0v) is 8.49. The summed E-state index contributed by atoms with van der Waals surface area (Å²) in [4.78, 5) is 13.2. The number of carbonyl (C=O) groups is 1. The van der Waals surface area contributed by atoms with Crippen LogP contribution in [0.1, 0.15) is 0 Å². The largest absolute Gasteiger partial charge is 0.307 e. The van der Waals surface area contributed by atoms with Crippen molar-refractivity contribution in [2.24, 2.45) is 0 Å². The summed E-state index contributed by atoms with van der Waals surface area (Å²) in [6.45, 7) is 2.01. The first-order valence-corrected chi connectivity index (χ1v) is 5.23. The smallest absolute Gasteiger partial charge is 0.241 e. The number of halogens is 1. The Kier molecular flexibility index (Phi) is 2.53. The van der Waals surface area contributed by atoms with E-state index in [0.29, 0.717) is 6.54 Å². The van der Waals surface area contributed by atoms with Gasteiger partial charge in [0.2, 0.25) is 5.91 Å². The van der Waals surface area contributed by atoms with Gasteiger partial charge >= 0.3 is 0 Å². The minimum Gasteiger partial charge on any atom is -0.307 e. The highest BCUT2D eigenvalue weighted by Crippen LogP contribution is 2.29. The monoisotopic (exact) mass is 216 g/mol. The molecule has 1 N–H and O–H groups in total. The lowest BCUT2D eigenvalue weighted by atomic mass is 10.3. The van der Waals surface area contributed by atoms with Crippen LogP contribution in [0.4, 0.5) is 5.00 Å². The molecule has 0 spiro atoms. The van der Waals surface area contributed by atoms with Gasteiger partial charge in [0, 0.05) is 13.1 Å². The number of hydrogen-bond donors (Lipinski definition) is 1. The van der Waals surface area contributed by atoms with E-state index in [0.717, 1.165) is 22.4 Å². The molecule has 5 heteroatoms. The maximum absolute atomic E-state index is 11.4. The van der Waals surface area contributed by atoms with Crippen molar-refractivity contribution in [3.8, 4) is 0 Å². The minimum absolute atomic E-state index is 0.116. The summed E-state index contributed by atoms with van der Waals surface area (Å²) in [6.07, 6.45) is 0. The Morgan fingerprint density at radius 2 is 2.38 bits per heavy atom. The van der Waals surface area contributed by atoms with Gasteiger partial charge in [0.1, 0.15) is 0 Å². The second-order valence-corrected chi connectivity index (χ2v) is 4.49. The number of anilines is 1. The van der Waals surface area contributed by atoms with Crippen molar-refractivity contribution >= 4 is 33.8 Å². The molecule has 1 amide bonds. The molecule has 0 aromatic carbocycles. The second kappa shape index (κ2) is 3.65. The fraction of sp³-hybridized carbons (Fsp3) is 0.375. The normalized spacial score (nSPS) is 17.9. The van der Waals surface area contributed by atoms with Crippen LogP contribution in [0.2, 0.25) is 4.34 Å². The van der Waals surface area contributed by atoms with Gasteiger partial charge in [-0.25, -0.2) is 0 Å². The van der Waals surface area contributed by atoms with Crippen LogP contribution in [0, 0.1) is 0 Å². The number of piperazine rings is 1. The van der Waals surface area contributed by atoms with Gasteiger partial charge in [-0.05, 0) is 12.1 Å². The van der Waals surface area contributed by atoms with E-state index < -0.39 is 0 Å². The molecule has 70 valence electrons. The number of hydrogen-bond acceptors (Lipinski definition) is 3. The van der Waals surface area contributed by atoms with Crippen molar-refractivity contribution < 1.29 is 4.79 Å². The Morgan fingerprint density at radius 1 is 1.54 bits per heavy atom. The first-order valence-electron chi connectivity index (χ1n) is 4.04. The van der Waals surface area contributed by atoms with Crippen molar-refractivity contribution in [1.82, 2.24) is 5.32 Å². The molecule has 0 unspecified atom stereocenters. The molecule has 0 aliphatic carbocycles. The Labute approximate surface area is 85.3 Å². The molecular formula is C8H9ClN2OS. The van der Waals surface area contributed by atoms with Gasteiger partial charge in [0.15, 0.2) is 0 Å². The number of nitrogens with one attached hydrogen (secondary N) is 1. The maximum atomic E-state index is 11.4. The van der Waals surface area contributed by atoms with Crippen molar-refractivity contribution in [3.63, 3.8) is 0 Å². The standard InChI is InChI=1S/C8H9ClN2OS/c9-6-1-2-8(13-6)11-4-3-10-5-7(11)12/h1-2,10H,3-5H2. The first kappa shape index (κ1) is 8.99. The fourth-order valence-corrected chi connectivity index (χ4v) is 2.36. The maximum Gasteiger partial charge on any atom is 0.241 e. The molecule has 1 saturated heterocycles. The van der Waals surface area contributed by atoms with E-state index in [-0.39, 0.29) is 5.91 Å². The van der Waals surface area contributed by atoms with Crippen LogP contribution in [0.15, 0.2) is 12.1 Å². The Morgan fingerprint density at radius 3 is 3.00 bits per heavy atom. The highest BCUT2D eigenvalue weighted by molar-refractivity contribution is 7.20. The Balaban J connectivity index is 2.19. The molecule has 2 heterocycles. The molecule has 0 atom stereocenters. The molecule has 0 radical (unpaired) electrons. The first-order chi connectivity index (χ1) is 6.27. The molecule has 3 nitrogen and oxygen atoms in total. The summed E-state index contributed by atoms with van der Waals surface area (Å²) >= 11 is 7.23. The average Bonchev–Trinajstić information content (AvgIpc) is 2.53. The summed E-state index contributed by atoms with van der Waals surface area (Å²) in [6, 6.07) is 3.70. The molecule has 1 fully saturated rings. The van der Waals surface area contributed by atoms with Crippen LogP contribution in [-0.4, -0.2) is 25.5 Å². The molecule has 0 bridgehead atoms. The molecule has 0 saturated carbocycles. The van der Waals surface area contributed by atoms with Crippen molar-refractivity contribution in [1.29, 1.82) is 0 Å². The third-order valence-corrected chi connectivity index (χ3v) is 3.17. The van der Waals surface area contributed by atoms with Gasteiger partial charge in [0.25, 0.3) is 0 Å². The molecule has 1 aliphatic rings. The van der Waals surface area contributed by atoms with Gasteiger partial charge in [-0.1, -0.05) is 11.6 Å².